The van der Waals surface area contributed by atoms with Gasteiger partial charge in [0.05, 0.1) is 5.60 Å². The molecule has 3 rings (SSSR count). The zero-order chi connectivity index (χ0) is 13.8. The van der Waals surface area contributed by atoms with E-state index in [2.05, 4.69) is 30.3 Å². The molecule has 2 atom stereocenters. The molecule has 2 fully saturated rings. The van der Waals surface area contributed by atoms with Gasteiger partial charge in [0.2, 0.25) is 0 Å². The molecule has 0 radical (unpaired) electrons. The highest BCUT2D eigenvalue weighted by Crippen LogP contribution is 2.48. The van der Waals surface area contributed by atoms with Crippen molar-refractivity contribution < 1.29 is 5.11 Å². The van der Waals surface area contributed by atoms with Gasteiger partial charge in [0.1, 0.15) is 0 Å². The van der Waals surface area contributed by atoms with Gasteiger partial charge < -0.3 is 5.11 Å². The van der Waals surface area contributed by atoms with Crippen molar-refractivity contribution in [2.24, 2.45) is 5.92 Å². The van der Waals surface area contributed by atoms with E-state index in [4.69, 9.17) is 0 Å². The van der Waals surface area contributed by atoms with Gasteiger partial charge in [-0.2, -0.15) is 0 Å². The Balaban J connectivity index is 1.86. The van der Waals surface area contributed by atoms with E-state index >= 15 is 0 Å². The third kappa shape index (κ3) is 2.79. The average molecular weight is 272 g/mol. The Morgan fingerprint density at radius 3 is 2.15 bits per heavy atom. The first-order chi connectivity index (χ1) is 9.81. The molecule has 0 spiro atoms. The first kappa shape index (κ1) is 14.1. The van der Waals surface area contributed by atoms with E-state index in [0.29, 0.717) is 11.8 Å². The fourth-order valence-corrected chi connectivity index (χ4v) is 4.59. The molecule has 2 aliphatic carbocycles. The second-order valence-corrected chi connectivity index (χ2v) is 6.89. The van der Waals surface area contributed by atoms with Crippen LogP contribution in [-0.2, 0) is 0 Å². The molecule has 0 heterocycles. The van der Waals surface area contributed by atoms with E-state index in [-0.39, 0.29) is 0 Å². The van der Waals surface area contributed by atoms with Crippen LogP contribution in [0.4, 0.5) is 0 Å². The fraction of sp³-hybridized carbons (Fsp3) is 0.684. The molecule has 2 unspecified atom stereocenters. The van der Waals surface area contributed by atoms with Crippen molar-refractivity contribution >= 4 is 0 Å². The first-order valence-corrected chi connectivity index (χ1v) is 8.58. The predicted molar refractivity (Wildman–Crippen MR) is 83.8 cm³/mol. The SMILES string of the molecule is OC1(C2CCCCCC2)CCCCC1c1ccccc1. The van der Waals surface area contributed by atoms with Crippen LogP contribution in [0.3, 0.4) is 0 Å². The maximum atomic E-state index is 11.5. The summed E-state index contributed by atoms with van der Waals surface area (Å²) in [5.41, 5.74) is 0.920. The van der Waals surface area contributed by atoms with Gasteiger partial charge in [-0.1, -0.05) is 68.9 Å². The van der Waals surface area contributed by atoms with Gasteiger partial charge in [0.25, 0.3) is 0 Å². The molecule has 1 nitrogen and oxygen atoms in total. The monoisotopic (exact) mass is 272 g/mol. The third-order valence-electron chi connectivity index (χ3n) is 5.69. The second-order valence-electron chi connectivity index (χ2n) is 6.89. The van der Waals surface area contributed by atoms with Crippen molar-refractivity contribution in [3.05, 3.63) is 35.9 Å². The first-order valence-electron chi connectivity index (χ1n) is 8.58. The van der Waals surface area contributed by atoms with Crippen LogP contribution < -0.4 is 0 Å². The Hall–Kier alpha value is -0.820. The molecule has 110 valence electrons. The smallest absolute Gasteiger partial charge is 0.0743 e. The summed E-state index contributed by atoms with van der Waals surface area (Å²) in [5, 5.41) is 11.5. The molecular weight excluding hydrogens is 244 g/mol. The van der Waals surface area contributed by atoms with Gasteiger partial charge in [0.15, 0.2) is 0 Å². The summed E-state index contributed by atoms with van der Waals surface area (Å²) in [6, 6.07) is 10.8. The van der Waals surface area contributed by atoms with E-state index in [9.17, 15) is 5.11 Å². The summed E-state index contributed by atoms with van der Waals surface area (Å²) in [7, 11) is 0. The Morgan fingerprint density at radius 2 is 1.45 bits per heavy atom. The standard InChI is InChI=1S/C19H28O/c20-19(17-12-6-1-2-7-13-17)15-9-8-14-18(19)16-10-4-3-5-11-16/h3-5,10-11,17-18,20H,1-2,6-9,12-15H2. The highest BCUT2D eigenvalue weighted by molar-refractivity contribution is 5.24. The van der Waals surface area contributed by atoms with Crippen LogP contribution in [0.25, 0.3) is 0 Å². The normalized spacial score (nSPS) is 32.8. The topological polar surface area (TPSA) is 20.2 Å². The Labute approximate surface area is 123 Å². The van der Waals surface area contributed by atoms with Crippen LogP contribution in [0.1, 0.15) is 75.7 Å². The minimum absolute atomic E-state index is 0.362. The number of aliphatic hydroxyl groups is 1. The van der Waals surface area contributed by atoms with Gasteiger partial charge in [0, 0.05) is 5.92 Å². The lowest BCUT2D eigenvalue weighted by Gasteiger charge is -2.46. The van der Waals surface area contributed by atoms with Crippen LogP contribution in [0, 0.1) is 5.92 Å². The highest BCUT2D eigenvalue weighted by Gasteiger charge is 2.45. The summed E-state index contributed by atoms with van der Waals surface area (Å²) in [6.07, 6.45) is 12.5. The fourth-order valence-electron chi connectivity index (χ4n) is 4.59. The van der Waals surface area contributed by atoms with E-state index < -0.39 is 5.60 Å². The van der Waals surface area contributed by atoms with Crippen molar-refractivity contribution in [1.29, 1.82) is 0 Å². The van der Waals surface area contributed by atoms with E-state index in [1.807, 2.05) is 0 Å². The van der Waals surface area contributed by atoms with Crippen LogP contribution in [0.15, 0.2) is 30.3 Å². The van der Waals surface area contributed by atoms with Crippen LogP contribution in [0.2, 0.25) is 0 Å². The Bertz CT molecular complexity index is 405. The van der Waals surface area contributed by atoms with Crippen molar-refractivity contribution in [2.45, 2.75) is 75.7 Å². The molecule has 0 bridgehead atoms. The minimum atomic E-state index is -0.441. The maximum Gasteiger partial charge on any atom is 0.0743 e. The van der Waals surface area contributed by atoms with Gasteiger partial charge in [-0.15, -0.1) is 0 Å². The zero-order valence-corrected chi connectivity index (χ0v) is 12.6. The van der Waals surface area contributed by atoms with Gasteiger partial charge in [-0.3, -0.25) is 0 Å². The second kappa shape index (κ2) is 6.30. The molecule has 1 heteroatoms. The summed E-state index contributed by atoms with van der Waals surface area (Å²) in [5.74, 6) is 0.885. The molecule has 1 N–H and O–H groups in total. The quantitative estimate of drug-likeness (QED) is 0.747. The molecule has 0 amide bonds. The summed E-state index contributed by atoms with van der Waals surface area (Å²) < 4.78 is 0. The van der Waals surface area contributed by atoms with Crippen molar-refractivity contribution in [3.8, 4) is 0 Å². The van der Waals surface area contributed by atoms with Crippen LogP contribution in [-0.4, -0.2) is 10.7 Å². The Kier molecular flexibility index (Phi) is 4.45. The molecule has 1 aromatic rings. The highest BCUT2D eigenvalue weighted by atomic mass is 16.3. The van der Waals surface area contributed by atoms with Crippen molar-refractivity contribution in [2.75, 3.05) is 0 Å². The minimum Gasteiger partial charge on any atom is -0.389 e. The lowest BCUT2D eigenvalue weighted by molar-refractivity contribution is -0.0724. The molecular formula is C19H28O. The van der Waals surface area contributed by atoms with Crippen LogP contribution >= 0.6 is 0 Å². The maximum absolute atomic E-state index is 11.5. The Morgan fingerprint density at radius 1 is 0.800 bits per heavy atom. The van der Waals surface area contributed by atoms with E-state index in [1.54, 1.807) is 0 Å². The molecule has 0 saturated heterocycles. The summed E-state index contributed by atoms with van der Waals surface area (Å²) in [4.78, 5) is 0. The zero-order valence-electron chi connectivity index (χ0n) is 12.6. The average Bonchev–Trinajstić information content (AvgIpc) is 2.78. The summed E-state index contributed by atoms with van der Waals surface area (Å²) >= 11 is 0. The number of hydrogen-bond acceptors (Lipinski definition) is 1. The number of rotatable bonds is 2. The summed E-state index contributed by atoms with van der Waals surface area (Å²) in [6.45, 7) is 0. The molecule has 0 aliphatic heterocycles. The van der Waals surface area contributed by atoms with Crippen molar-refractivity contribution in [1.82, 2.24) is 0 Å². The van der Waals surface area contributed by atoms with Crippen LogP contribution in [0.5, 0.6) is 0 Å². The van der Waals surface area contributed by atoms with Gasteiger partial charge >= 0.3 is 0 Å². The number of hydrogen-bond donors (Lipinski definition) is 1. The molecule has 0 aromatic heterocycles. The number of benzene rings is 1. The molecule has 2 saturated carbocycles. The molecule has 2 aliphatic rings. The largest absolute Gasteiger partial charge is 0.389 e. The van der Waals surface area contributed by atoms with E-state index in [1.165, 1.54) is 56.9 Å². The molecule has 20 heavy (non-hydrogen) atoms. The predicted octanol–water partition coefficient (Wildman–Crippen LogP) is 5.05. The van der Waals surface area contributed by atoms with Gasteiger partial charge in [-0.25, -0.2) is 0 Å². The molecule has 1 aromatic carbocycles. The van der Waals surface area contributed by atoms with Gasteiger partial charge in [-0.05, 0) is 37.2 Å². The lowest BCUT2D eigenvalue weighted by atomic mass is 9.64. The third-order valence-corrected chi connectivity index (χ3v) is 5.69. The van der Waals surface area contributed by atoms with Crippen molar-refractivity contribution in [3.63, 3.8) is 0 Å². The lowest BCUT2D eigenvalue weighted by Crippen LogP contribution is -2.45. The van der Waals surface area contributed by atoms with E-state index in [0.717, 1.165) is 12.8 Å².